The van der Waals surface area contributed by atoms with Crippen LogP contribution < -0.4 is 34.7 Å². The van der Waals surface area contributed by atoms with Crippen LogP contribution in [0, 0.1) is 0 Å². The molecule has 10 heavy (non-hydrogen) atoms. The molecule has 0 bridgehead atoms. The van der Waals surface area contributed by atoms with Crippen LogP contribution in [0.5, 0.6) is 0 Å². The SMILES string of the molecule is O=C([O-])C(F)(F)C(F)Cl.[Na+]. The molecule has 0 spiro atoms. The van der Waals surface area contributed by atoms with Crippen LogP contribution in [0.2, 0.25) is 0 Å². The van der Waals surface area contributed by atoms with Gasteiger partial charge in [-0.3, -0.25) is 0 Å². The van der Waals surface area contributed by atoms with Gasteiger partial charge in [0.15, 0.2) is 0 Å². The van der Waals surface area contributed by atoms with Crippen LogP contribution in [0.3, 0.4) is 0 Å². The minimum absolute atomic E-state index is 0. The maximum absolute atomic E-state index is 11.5. The van der Waals surface area contributed by atoms with Gasteiger partial charge in [-0.15, -0.1) is 0 Å². The van der Waals surface area contributed by atoms with Crippen molar-refractivity contribution in [3.8, 4) is 0 Å². The predicted octanol–water partition coefficient (Wildman–Crippen LogP) is -3.09. The summed E-state index contributed by atoms with van der Waals surface area (Å²) in [5, 5.41) is 9.28. The molecule has 0 aliphatic rings. The number of hydrogen-bond acceptors (Lipinski definition) is 2. The first-order chi connectivity index (χ1) is 3.89. The molecule has 1 unspecified atom stereocenters. The number of rotatable bonds is 2. The van der Waals surface area contributed by atoms with Crippen LogP contribution in [0.15, 0.2) is 0 Å². The van der Waals surface area contributed by atoms with Gasteiger partial charge in [-0.25, -0.2) is 4.39 Å². The predicted molar refractivity (Wildman–Crippen MR) is 20.7 cm³/mol. The zero-order valence-corrected chi connectivity index (χ0v) is 7.66. The summed E-state index contributed by atoms with van der Waals surface area (Å²) in [4.78, 5) is 9.28. The van der Waals surface area contributed by atoms with E-state index in [9.17, 15) is 23.1 Å². The normalized spacial score (nSPS) is 13.6. The molecule has 54 valence electrons. The molecule has 0 radical (unpaired) electrons. The van der Waals surface area contributed by atoms with Crippen molar-refractivity contribution in [2.45, 2.75) is 11.6 Å². The van der Waals surface area contributed by atoms with E-state index in [1.54, 1.807) is 0 Å². The average Bonchev–Trinajstić information content (AvgIpc) is 1.65. The molecule has 0 saturated carbocycles. The molecule has 0 heterocycles. The molecule has 0 aromatic heterocycles. The fraction of sp³-hybridized carbons (Fsp3) is 0.667. The second kappa shape index (κ2) is 4.43. The number of aliphatic carboxylic acids is 1. The number of carboxylic acid groups (broad SMARTS) is 1. The van der Waals surface area contributed by atoms with Crippen LogP contribution in [0.1, 0.15) is 0 Å². The number of hydrogen-bond donors (Lipinski definition) is 0. The number of halogens is 4. The third kappa shape index (κ3) is 3.09. The maximum Gasteiger partial charge on any atom is 1.00 e. The molecule has 0 aliphatic heterocycles. The second-order valence-electron chi connectivity index (χ2n) is 1.21. The third-order valence-electron chi connectivity index (χ3n) is 0.546. The molecule has 0 rings (SSSR count). The monoisotopic (exact) mass is 184 g/mol. The van der Waals surface area contributed by atoms with Crippen molar-refractivity contribution in [3.63, 3.8) is 0 Å². The Morgan fingerprint density at radius 3 is 1.90 bits per heavy atom. The average molecular weight is 184 g/mol. The Labute approximate surface area is 81.6 Å². The summed E-state index contributed by atoms with van der Waals surface area (Å²) in [6.07, 6.45) is 0. The van der Waals surface area contributed by atoms with Crippen molar-refractivity contribution in [2.24, 2.45) is 0 Å². The van der Waals surface area contributed by atoms with E-state index in [2.05, 4.69) is 11.6 Å². The first kappa shape index (κ1) is 13.2. The van der Waals surface area contributed by atoms with Crippen molar-refractivity contribution in [1.82, 2.24) is 0 Å². The van der Waals surface area contributed by atoms with Gasteiger partial charge in [0, 0.05) is 0 Å². The zero-order chi connectivity index (χ0) is 7.65. The molecule has 0 aromatic rings. The van der Waals surface area contributed by atoms with Gasteiger partial charge in [0.25, 0.3) is 0 Å². The van der Waals surface area contributed by atoms with Crippen LogP contribution in [0.4, 0.5) is 13.2 Å². The molecule has 0 fully saturated rings. The molecule has 0 N–H and O–H groups in total. The van der Waals surface area contributed by atoms with E-state index in [4.69, 9.17) is 0 Å². The number of carbonyl (C=O) groups excluding carboxylic acids is 1. The number of carbonyl (C=O) groups is 1. The van der Waals surface area contributed by atoms with E-state index in [0.29, 0.717) is 0 Å². The molecular weight excluding hydrogens is 183 g/mol. The summed E-state index contributed by atoms with van der Waals surface area (Å²) < 4.78 is 34.3. The van der Waals surface area contributed by atoms with Gasteiger partial charge in [-0.05, 0) is 0 Å². The first-order valence-corrected chi connectivity index (χ1v) is 2.20. The van der Waals surface area contributed by atoms with Crippen molar-refractivity contribution in [1.29, 1.82) is 0 Å². The zero-order valence-electron chi connectivity index (χ0n) is 4.91. The molecule has 0 amide bonds. The van der Waals surface area contributed by atoms with Gasteiger partial charge >= 0.3 is 35.5 Å². The quantitative estimate of drug-likeness (QED) is 0.337. The summed E-state index contributed by atoms with van der Waals surface area (Å²) in [7, 11) is 0. The minimum Gasteiger partial charge on any atom is -0.544 e. The Morgan fingerprint density at radius 2 is 1.90 bits per heavy atom. The van der Waals surface area contributed by atoms with E-state index >= 15 is 0 Å². The van der Waals surface area contributed by atoms with Gasteiger partial charge in [-0.1, -0.05) is 11.6 Å². The standard InChI is InChI=1S/C3H2ClF3O2.Na/c4-1(5)3(6,7)2(8)9;/h1H,(H,8,9);/q;+1/p-1. The van der Waals surface area contributed by atoms with Crippen molar-refractivity contribution >= 4 is 17.6 Å². The second-order valence-corrected chi connectivity index (χ2v) is 1.59. The van der Waals surface area contributed by atoms with E-state index in [1.165, 1.54) is 0 Å². The van der Waals surface area contributed by atoms with Crippen LogP contribution in [-0.4, -0.2) is 17.5 Å². The van der Waals surface area contributed by atoms with Crippen molar-refractivity contribution in [2.75, 3.05) is 0 Å². The molecule has 2 nitrogen and oxygen atoms in total. The summed E-state index contributed by atoms with van der Waals surface area (Å²) >= 11 is 4.13. The fourth-order valence-corrected chi connectivity index (χ4v) is 0.178. The Morgan fingerprint density at radius 1 is 1.60 bits per heavy atom. The molecule has 7 heteroatoms. The van der Waals surface area contributed by atoms with E-state index in [1.807, 2.05) is 0 Å². The van der Waals surface area contributed by atoms with Gasteiger partial charge < -0.3 is 9.90 Å². The Balaban J connectivity index is 0. The summed E-state index contributed by atoms with van der Waals surface area (Å²) in [6, 6.07) is 0. The Bertz CT molecular complexity index is 129. The van der Waals surface area contributed by atoms with Gasteiger partial charge in [0.05, 0.1) is 0 Å². The molecule has 0 aromatic carbocycles. The molecule has 0 saturated heterocycles. The van der Waals surface area contributed by atoms with Gasteiger partial charge in [-0.2, -0.15) is 8.78 Å². The van der Waals surface area contributed by atoms with E-state index in [-0.39, 0.29) is 29.6 Å². The Kier molecular flexibility index (Phi) is 5.83. The molecule has 0 aliphatic carbocycles. The van der Waals surface area contributed by atoms with Crippen LogP contribution in [-0.2, 0) is 4.79 Å². The Hall–Kier alpha value is 0.550. The van der Waals surface area contributed by atoms with E-state index in [0.717, 1.165) is 0 Å². The largest absolute Gasteiger partial charge is 1.00 e. The third-order valence-corrected chi connectivity index (χ3v) is 0.820. The van der Waals surface area contributed by atoms with Crippen LogP contribution >= 0.6 is 11.6 Å². The maximum atomic E-state index is 11.5. The summed E-state index contributed by atoms with van der Waals surface area (Å²) in [6.45, 7) is 0. The smallest absolute Gasteiger partial charge is 0.544 e. The molecular formula is C3HClF3NaO2. The van der Waals surface area contributed by atoms with Gasteiger partial charge in [0.1, 0.15) is 5.97 Å². The molecule has 1 atom stereocenters. The van der Waals surface area contributed by atoms with Gasteiger partial charge in [0.2, 0.25) is 5.63 Å². The minimum atomic E-state index is -4.60. The first-order valence-electron chi connectivity index (χ1n) is 1.76. The van der Waals surface area contributed by atoms with Crippen molar-refractivity contribution in [3.05, 3.63) is 0 Å². The number of alkyl halides is 4. The number of carboxylic acids is 1. The van der Waals surface area contributed by atoms with Crippen LogP contribution in [0.25, 0.3) is 0 Å². The summed E-state index contributed by atoms with van der Waals surface area (Å²) in [5.74, 6) is -7.41. The fourth-order valence-electron chi connectivity index (χ4n) is 0.0891. The summed E-state index contributed by atoms with van der Waals surface area (Å²) in [5.41, 5.74) is -3.23. The topological polar surface area (TPSA) is 40.1 Å². The van der Waals surface area contributed by atoms with E-state index < -0.39 is 17.5 Å². The van der Waals surface area contributed by atoms with Crippen molar-refractivity contribution < 1.29 is 52.6 Å².